The van der Waals surface area contributed by atoms with E-state index in [-0.39, 0.29) is 18.4 Å². The molecule has 0 unspecified atom stereocenters. The molecule has 1 amide bonds. The molecule has 0 saturated heterocycles. The average molecular weight is 302 g/mol. The molecule has 0 aliphatic heterocycles. The maximum Gasteiger partial charge on any atom is 0.304 e. The highest BCUT2D eigenvalue weighted by molar-refractivity contribution is 5.91. The molecule has 2 heterocycles. The quantitative estimate of drug-likeness (QED) is 0.765. The molecule has 1 aromatic carbocycles. The number of oxazole rings is 1. The van der Waals surface area contributed by atoms with Gasteiger partial charge in [0.15, 0.2) is 12.2 Å². The molecule has 114 valence electrons. The Morgan fingerprint density at radius 3 is 2.86 bits per heavy atom. The Bertz CT molecular complexity index is 821. The SMILES string of the molecule is CC(C)c1nc(COc2ccc3oc(C(N)=O)nc3c2)no1. The van der Waals surface area contributed by atoms with Crippen molar-refractivity contribution in [2.45, 2.75) is 26.4 Å². The summed E-state index contributed by atoms with van der Waals surface area (Å²) in [7, 11) is 0. The first kappa shape index (κ1) is 14.1. The summed E-state index contributed by atoms with van der Waals surface area (Å²) in [5, 5.41) is 3.84. The van der Waals surface area contributed by atoms with Gasteiger partial charge in [-0.25, -0.2) is 4.98 Å². The molecule has 3 rings (SSSR count). The van der Waals surface area contributed by atoms with Gasteiger partial charge in [0.1, 0.15) is 11.3 Å². The zero-order valence-electron chi connectivity index (χ0n) is 12.1. The zero-order valence-corrected chi connectivity index (χ0v) is 12.1. The predicted octanol–water partition coefficient (Wildman–Crippen LogP) is 2.01. The Balaban J connectivity index is 1.74. The highest BCUT2D eigenvalue weighted by atomic mass is 16.5. The summed E-state index contributed by atoms with van der Waals surface area (Å²) in [6, 6.07) is 5.00. The van der Waals surface area contributed by atoms with Crippen LogP contribution in [0.4, 0.5) is 0 Å². The van der Waals surface area contributed by atoms with E-state index in [1.165, 1.54) is 0 Å². The summed E-state index contributed by atoms with van der Waals surface area (Å²) >= 11 is 0. The van der Waals surface area contributed by atoms with Crippen molar-refractivity contribution in [1.29, 1.82) is 0 Å². The fourth-order valence-corrected chi connectivity index (χ4v) is 1.81. The fourth-order valence-electron chi connectivity index (χ4n) is 1.81. The third-order valence-electron chi connectivity index (χ3n) is 2.92. The number of fused-ring (bicyclic) bond motifs is 1. The molecule has 0 radical (unpaired) electrons. The van der Waals surface area contributed by atoms with Crippen molar-refractivity contribution in [3.63, 3.8) is 0 Å². The first-order valence-corrected chi connectivity index (χ1v) is 6.68. The van der Waals surface area contributed by atoms with Crippen molar-refractivity contribution in [3.8, 4) is 5.75 Å². The standard InChI is InChI=1S/C14H14N4O4/c1-7(2)13-17-11(18-22-13)6-20-8-3-4-10-9(5-8)16-14(21-10)12(15)19/h3-5,7H,6H2,1-2H3,(H2,15,19). The summed E-state index contributed by atoms with van der Waals surface area (Å²) in [5.74, 6) is 0.893. The highest BCUT2D eigenvalue weighted by Gasteiger charge is 2.13. The van der Waals surface area contributed by atoms with Crippen LogP contribution in [0.2, 0.25) is 0 Å². The number of rotatable bonds is 5. The molecule has 2 aromatic heterocycles. The van der Waals surface area contributed by atoms with Crippen LogP contribution >= 0.6 is 0 Å². The van der Waals surface area contributed by atoms with E-state index in [0.717, 1.165) is 0 Å². The molecule has 8 nitrogen and oxygen atoms in total. The minimum Gasteiger partial charge on any atom is -0.485 e. The first-order chi connectivity index (χ1) is 10.5. The van der Waals surface area contributed by atoms with E-state index in [9.17, 15) is 4.79 Å². The van der Waals surface area contributed by atoms with E-state index in [1.807, 2.05) is 13.8 Å². The molecular weight excluding hydrogens is 288 g/mol. The maximum absolute atomic E-state index is 11.0. The number of ether oxygens (including phenoxy) is 1. The number of carbonyl (C=O) groups is 1. The second-order valence-corrected chi connectivity index (χ2v) is 5.01. The lowest BCUT2D eigenvalue weighted by Crippen LogP contribution is -2.10. The van der Waals surface area contributed by atoms with Crippen molar-refractivity contribution in [2.75, 3.05) is 0 Å². The molecule has 22 heavy (non-hydrogen) atoms. The number of carbonyl (C=O) groups excluding carboxylic acids is 1. The molecule has 0 atom stereocenters. The van der Waals surface area contributed by atoms with Crippen LogP contribution in [0.15, 0.2) is 27.1 Å². The second kappa shape index (κ2) is 5.47. The van der Waals surface area contributed by atoms with Gasteiger partial charge in [-0.05, 0) is 12.1 Å². The number of amides is 1. The van der Waals surface area contributed by atoms with Crippen molar-refractivity contribution < 1.29 is 18.5 Å². The molecule has 0 saturated carbocycles. The number of benzene rings is 1. The third-order valence-corrected chi connectivity index (χ3v) is 2.92. The Labute approximate surface area is 125 Å². The Morgan fingerprint density at radius 2 is 2.18 bits per heavy atom. The van der Waals surface area contributed by atoms with Crippen LogP contribution in [0.1, 0.15) is 42.2 Å². The van der Waals surface area contributed by atoms with Gasteiger partial charge in [0, 0.05) is 12.0 Å². The van der Waals surface area contributed by atoms with Crippen LogP contribution < -0.4 is 10.5 Å². The van der Waals surface area contributed by atoms with Crippen LogP contribution in [0.3, 0.4) is 0 Å². The number of aromatic nitrogens is 3. The van der Waals surface area contributed by atoms with Crippen LogP contribution in [0.5, 0.6) is 5.75 Å². The Morgan fingerprint density at radius 1 is 1.36 bits per heavy atom. The monoisotopic (exact) mass is 302 g/mol. The minimum absolute atomic E-state index is 0.133. The van der Waals surface area contributed by atoms with Crippen LogP contribution in [0, 0.1) is 0 Å². The molecule has 2 N–H and O–H groups in total. The fraction of sp³-hybridized carbons (Fsp3) is 0.286. The number of nitrogens with zero attached hydrogens (tertiary/aromatic N) is 3. The van der Waals surface area contributed by atoms with Gasteiger partial charge in [-0.15, -0.1) is 0 Å². The smallest absolute Gasteiger partial charge is 0.304 e. The van der Waals surface area contributed by atoms with E-state index in [4.69, 9.17) is 19.4 Å². The van der Waals surface area contributed by atoms with Crippen molar-refractivity contribution in [1.82, 2.24) is 15.1 Å². The minimum atomic E-state index is -0.716. The van der Waals surface area contributed by atoms with Crippen molar-refractivity contribution >= 4 is 17.0 Å². The van der Waals surface area contributed by atoms with Gasteiger partial charge >= 0.3 is 5.91 Å². The lowest BCUT2D eigenvalue weighted by atomic mass is 10.2. The second-order valence-electron chi connectivity index (χ2n) is 5.01. The summed E-state index contributed by atoms with van der Waals surface area (Å²) in [4.78, 5) is 19.2. The van der Waals surface area contributed by atoms with E-state index in [2.05, 4.69) is 15.1 Å². The molecule has 0 spiro atoms. The van der Waals surface area contributed by atoms with Crippen molar-refractivity contribution in [2.24, 2.45) is 5.73 Å². The average Bonchev–Trinajstić information content (AvgIpc) is 3.11. The summed E-state index contributed by atoms with van der Waals surface area (Å²) in [6.45, 7) is 4.10. The molecule has 0 bridgehead atoms. The number of primary amides is 1. The molecule has 0 fully saturated rings. The normalized spacial score (nSPS) is 11.2. The largest absolute Gasteiger partial charge is 0.485 e. The summed E-state index contributed by atoms with van der Waals surface area (Å²) in [6.07, 6.45) is 0. The van der Waals surface area contributed by atoms with E-state index >= 15 is 0 Å². The predicted molar refractivity (Wildman–Crippen MR) is 75.2 cm³/mol. The van der Waals surface area contributed by atoms with Crippen LogP contribution in [-0.4, -0.2) is 21.0 Å². The van der Waals surface area contributed by atoms with Crippen LogP contribution in [0.25, 0.3) is 11.1 Å². The molecule has 0 aliphatic carbocycles. The first-order valence-electron chi connectivity index (χ1n) is 6.68. The molecule has 3 aromatic rings. The van der Waals surface area contributed by atoms with Gasteiger partial charge in [-0.1, -0.05) is 19.0 Å². The van der Waals surface area contributed by atoms with E-state index in [1.54, 1.807) is 18.2 Å². The maximum atomic E-state index is 11.0. The lowest BCUT2D eigenvalue weighted by Gasteiger charge is -2.02. The van der Waals surface area contributed by atoms with E-state index < -0.39 is 5.91 Å². The lowest BCUT2D eigenvalue weighted by molar-refractivity contribution is 0.0969. The van der Waals surface area contributed by atoms with Gasteiger partial charge in [0.25, 0.3) is 5.89 Å². The molecule has 8 heteroatoms. The number of hydrogen-bond donors (Lipinski definition) is 1. The third kappa shape index (κ3) is 2.76. The molecule has 0 aliphatic rings. The topological polar surface area (TPSA) is 117 Å². The van der Waals surface area contributed by atoms with Gasteiger partial charge in [-0.2, -0.15) is 4.98 Å². The Hall–Kier alpha value is -2.90. The van der Waals surface area contributed by atoms with Gasteiger partial charge in [0.2, 0.25) is 11.7 Å². The molecular formula is C14H14N4O4. The number of nitrogens with two attached hydrogens (primary N) is 1. The highest BCUT2D eigenvalue weighted by Crippen LogP contribution is 2.22. The zero-order chi connectivity index (χ0) is 15.7. The van der Waals surface area contributed by atoms with Crippen LogP contribution in [-0.2, 0) is 6.61 Å². The van der Waals surface area contributed by atoms with E-state index in [0.29, 0.717) is 28.6 Å². The van der Waals surface area contributed by atoms with Crippen molar-refractivity contribution in [3.05, 3.63) is 35.8 Å². The Kier molecular flexibility index (Phi) is 3.50. The van der Waals surface area contributed by atoms with Gasteiger partial charge in [0.05, 0.1) is 0 Å². The summed E-state index contributed by atoms with van der Waals surface area (Å²) in [5.41, 5.74) is 6.07. The number of hydrogen-bond acceptors (Lipinski definition) is 7. The van der Waals surface area contributed by atoms with Gasteiger partial charge in [-0.3, -0.25) is 4.79 Å². The van der Waals surface area contributed by atoms with Gasteiger partial charge < -0.3 is 19.4 Å². The summed E-state index contributed by atoms with van der Waals surface area (Å²) < 4.78 is 15.9.